The van der Waals surface area contributed by atoms with Gasteiger partial charge in [0.1, 0.15) is 18.2 Å². The summed E-state index contributed by atoms with van der Waals surface area (Å²) in [5, 5.41) is 9.84. The molecule has 1 N–H and O–H groups in total. The number of halogens is 1. The summed E-state index contributed by atoms with van der Waals surface area (Å²) >= 11 is 0. The molecule has 0 saturated carbocycles. The summed E-state index contributed by atoms with van der Waals surface area (Å²) in [4.78, 5) is 7.68. The molecule has 0 saturated heterocycles. The van der Waals surface area contributed by atoms with Crippen LogP contribution in [-0.2, 0) is 6.42 Å². The van der Waals surface area contributed by atoms with Crippen molar-refractivity contribution in [3.63, 3.8) is 0 Å². The maximum Gasteiger partial charge on any atom is 0.126 e. The van der Waals surface area contributed by atoms with E-state index in [1.807, 2.05) is 0 Å². The summed E-state index contributed by atoms with van der Waals surface area (Å²) in [5.41, 5.74) is 0.979. The van der Waals surface area contributed by atoms with Crippen molar-refractivity contribution >= 4 is 0 Å². The van der Waals surface area contributed by atoms with Crippen molar-refractivity contribution in [2.24, 2.45) is 0 Å². The van der Waals surface area contributed by atoms with E-state index in [-0.39, 0.29) is 12.2 Å². The van der Waals surface area contributed by atoms with Crippen LogP contribution in [0.4, 0.5) is 4.39 Å². The van der Waals surface area contributed by atoms with Crippen molar-refractivity contribution in [2.45, 2.75) is 12.5 Å². The van der Waals surface area contributed by atoms with E-state index in [0.717, 1.165) is 0 Å². The van der Waals surface area contributed by atoms with E-state index >= 15 is 0 Å². The van der Waals surface area contributed by atoms with Crippen LogP contribution >= 0.6 is 0 Å². The Balaban J connectivity index is 2.14. The van der Waals surface area contributed by atoms with E-state index in [4.69, 9.17) is 0 Å². The van der Waals surface area contributed by atoms with Gasteiger partial charge in [0.25, 0.3) is 0 Å². The van der Waals surface area contributed by atoms with E-state index in [1.165, 1.54) is 12.4 Å². The van der Waals surface area contributed by atoms with Crippen molar-refractivity contribution in [3.05, 3.63) is 59.9 Å². The standard InChI is InChI=1S/C12H11FN2O/c13-10-4-2-1-3-9(10)7-12(16)11-5-6-14-8-15-11/h1-6,8,12,16H,7H2. The van der Waals surface area contributed by atoms with Gasteiger partial charge < -0.3 is 5.11 Å². The molecule has 1 atom stereocenters. The summed E-state index contributed by atoms with van der Waals surface area (Å²) in [6, 6.07) is 8.01. The number of hydrogen-bond donors (Lipinski definition) is 1. The molecule has 0 bridgehead atoms. The Morgan fingerprint density at radius 2 is 2.06 bits per heavy atom. The lowest BCUT2D eigenvalue weighted by Gasteiger charge is -2.09. The molecule has 0 amide bonds. The summed E-state index contributed by atoms with van der Waals surface area (Å²) < 4.78 is 13.3. The van der Waals surface area contributed by atoms with Gasteiger partial charge in [0.2, 0.25) is 0 Å². The largest absolute Gasteiger partial charge is 0.386 e. The monoisotopic (exact) mass is 218 g/mol. The first-order valence-electron chi connectivity index (χ1n) is 4.95. The minimum atomic E-state index is -0.806. The summed E-state index contributed by atoms with van der Waals surface area (Å²) in [6.45, 7) is 0. The molecule has 4 heteroatoms. The van der Waals surface area contributed by atoms with Crippen LogP contribution in [0, 0.1) is 5.82 Å². The lowest BCUT2D eigenvalue weighted by Crippen LogP contribution is -2.05. The normalized spacial score (nSPS) is 12.4. The second-order valence-electron chi connectivity index (χ2n) is 3.45. The Kier molecular flexibility index (Phi) is 3.22. The predicted molar refractivity (Wildman–Crippen MR) is 57.1 cm³/mol. The average molecular weight is 218 g/mol. The number of benzene rings is 1. The Hall–Kier alpha value is -1.81. The Bertz CT molecular complexity index is 462. The van der Waals surface area contributed by atoms with Gasteiger partial charge in [0.05, 0.1) is 5.69 Å². The number of hydrogen-bond acceptors (Lipinski definition) is 3. The van der Waals surface area contributed by atoms with E-state index in [0.29, 0.717) is 11.3 Å². The van der Waals surface area contributed by atoms with Crippen LogP contribution in [0.3, 0.4) is 0 Å². The fourth-order valence-corrected chi connectivity index (χ4v) is 1.47. The molecular formula is C12H11FN2O. The third-order valence-electron chi connectivity index (χ3n) is 2.32. The molecule has 16 heavy (non-hydrogen) atoms. The minimum Gasteiger partial charge on any atom is -0.386 e. The maximum absolute atomic E-state index is 13.3. The first-order chi connectivity index (χ1) is 7.77. The topological polar surface area (TPSA) is 46.0 Å². The molecule has 2 rings (SSSR count). The van der Waals surface area contributed by atoms with Gasteiger partial charge in [-0.2, -0.15) is 0 Å². The number of aromatic nitrogens is 2. The van der Waals surface area contributed by atoms with E-state index in [2.05, 4.69) is 9.97 Å². The van der Waals surface area contributed by atoms with Crippen molar-refractivity contribution in [1.82, 2.24) is 9.97 Å². The SMILES string of the molecule is OC(Cc1ccccc1F)c1ccncn1. The Morgan fingerprint density at radius 3 is 2.75 bits per heavy atom. The van der Waals surface area contributed by atoms with Gasteiger partial charge >= 0.3 is 0 Å². The molecule has 0 radical (unpaired) electrons. The molecule has 0 aliphatic heterocycles. The van der Waals surface area contributed by atoms with Crippen molar-refractivity contribution in [3.8, 4) is 0 Å². The first kappa shape index (κ1) is 10.7. The van der Waals surface area contributed by atoms with Crippen LogP contribution in [0.25, 0.3) is 0 Å². The van der Waals surface area contributed by atoms with Gasteiger partial charge in [-0.1, -0.05) is 18.2 Å². The lowest BCUT2D eigenvalue weighted by atomic mass is 10.1. The van der Waals surface area contributed by atoms with Crippen LogP contribution in [0.15, 0.2) is 42.9 Å². The highest BCUT2D eigenvalue weighted by atomic mass is 19.1. The molecule has 3 nitrogen and oxygen atoms in total. The van der Waals surface area contributed by atoms with Gasteiger partial charge in [0.15, 0.2) is 0 Å². The molecule has 0 aliphatic rings. The van der Waals surface area contributed by atoms with Crippen molar-refractivity contribution in [1.29, 1.82) is 0 Å². The second-order valence-corrected chi connectivity index (χ2v) is 3.45. The fraction of sp³-hybridized carbons (Fsp3) is 0.167. The van der Waals surface area contributed by atoms with Gasteiger partial charge in [-0.15, -0.1) is 0 Å². The summed E-state index contributed by atoms with van der Waals surface area (Å²) in [6.07, 6.45) is 2.32. The van der Waals surface area contributed by atoms with E-state index < -0.39 is 6.10 Å². The van der Waals surface area contributed by atoms with Gasteiger partial charge in [-0.25, -0.2) is 14.4 Å². The molecule has 1 aromatic carbocycles. The molecule has 82 valence electrons. The van der Waals surface area contributed by atoms with Crippen LogP contribution < -0.4 is 0 Å². The van der Waals surface area contributed by atoms with Gasteiger partial charge in [-0.3, -0.25) is 0 Å². The third kappa shape index (κ3) is 2.41. The van der Waals surface area contributed by atoms with Gasteiger partial charge in [-0.05, 0) is 17.7 Å². The third-order valence-corrected chi connectivity index (χ3v) is 2.32. The van der Waals surface area contributed by atoms with Crippen molar-refractivity contribution in [2.75, 3.05) is 0 Å². The lowest BCUT2D eigenvalue weighted by molar-refractivity contribution is 0.172. The first-order valence-corrected chi connectivity index (χ1v) is 4.95. The van der Waals surface area contributed by atoms with Gasteiger partial charge in [0, 0.05) is 12.6 Å². The smallest absolute Gasteiger partial charge is 0.126 e. The zero-order chi connectivity index (χ0) is 11.4. The molecule has 1 unspecified atom stereocenters. The molecule has 1 heterocycles. The van der Waals surface area contributed by atoms with Crippen LogP contribution in [0.1, 0.15) is 17.4 Å². The average Bonchev–Trinajstić information content (AvgIpc) is 2.33. The fourth-order valence-electron chi connectivity index (χ4n) is 1.47. The molecule has 0 spiro atoms. The maximum atomic E-state index is 13.3. The summed E-state index contributed by atoms with van der Waals surface area (Å²) in [7, 11) is 0. The highest BCUT2D eigenvalue weighted by molar-refractivity contribution is 5.19. The number of aliphatic hydroxyl groups is 1. The quantitative estimate of drug-likeness (QED) is 0.855. The van der Waals surface area contributed by atoms with E-state index in [1.54, 1.807) is 30.5 Å². The molecule has 2 aromatic rings. The van der Waals surface area contributed by atoms with Crippen LogP contribution in [0.5, 0.6) is 0 Å². The molecule has 0 aliphatic carbocycles. The van der Waals surface area contributed by atoms with Crippen LogP contribution in [0.2, 0.25) is 0 Å². The van der Waals surface area contributed by atoms with Crippen molar-refractivity contribution < 1.29 is 9.50 Å². The zero-order valence-electron chi connectivity index (χ0n) is 8.55. The Morgan fingerprint density at radius 1 is 1.25 bits per heavy atom. The number of aliphatic hydroxyl groups excluding tert-OH is 1. The molecular weight excluding hydrogens is 207 g/mol. The Labute approximate surface area is 92.6 Å². The predicted octanol–water partition coefficient (Wildman–Crippen LogP) is 1.89. The minimum absolute atomic E-state index is 0.212. The number of rotatable bonds is 3. The zero-order valence-corrected chi connectivity index (χ0v) is 8.55. The molecule has 0 fully saturated rings. The van der Waals surface area contributed by atoms with Crippen LogP contribution in [-0.4, -0.2) is 15.1 Å². The second kappa shape index (κ2) is 4.81. The van der Waals surface area contributed by atoms with E-state index in [9.17, 15) is 9.50 Å². The highest BCUT2D eigenvalue weighted by Crippen LogP contribution is 2.17. The highest BCUT2D eigenvalue weighted by Gasteiger charge is 2.11. The number of nitrogens with zero attached hydrogens (tertiary/aromatic N) is 2. The molecule has 1 aromatic heterocycles. The summed E-state index contributed by atoms with van der Waals surface area (Å²) in [5.74, 6) is -0.310.